The lowest BCUT2D eigenvalue weighted by Crippen LogP contribution is -1.91. The van der Waals surface area contributed by atoms with Crippen molar-refractivity contribution in [2.45, 2.75) is 0 Å². The van der Waals surface area contributed by atoms with Crippen LogP contribution in [0.25, 0.3) is 219 Å². The summed E-state index contributed by atoms with van der Waals surface area (Å²) in [5.74, 6) is 0. The van der Waals surface area contributed by atoms with Crippen molar-refractivity contribution in [2.24, 2.45) is 0 Å². The molecule has 0 spiro atoms. The van der Waals surface area contributed by atoms with Crippen molar-refractivity contribution >= 4 is 130 Å². The molecule has 0 aliphatic carbocycles. The molecule has 0 bridgehead atoms. The zero-order chi connectivity index (χ0) is 69.8. The van der Waals surface area contributed by atoms with Crippen molar-refractivity contribution in [3.05, 3.63) is 388 Å². The minimum absolute atomic E-state index is 0.913. The Balaban J connectivity index is 0.000000136. The lowest BCUT2D eigenvalue weighted by Gasteiger charge is -2.18. The van der Waals surface area contributed by atoms with Crippen LogP contribution in [0.4, 0.5) is 0 Å². The highest BCUT2D eigenvalue weighted by molar-refractivity contribution is 6.24. The highest BCUT2D eigenvalue weighted by Crippen LogP contribution is 2.48. The van der Waals surface area contributed by atoms with E-state index < -0.39 is 0 Å². The van der Waals surface area contributed by atoms with Gasteiger partial charge in [0, 0.05) is 21.5 Å². The Hall–Kier alpha value is -13.9. The number of furan rings is 2. The van der Waals surface area contributed by atoms with E-state index in [0.717, 1.165) is 43.9 Å². The third-order valence-corrected chi connectivity index (χ3v) is 22.0. The Morgan fingerprint density at radius 3 is 0.858 bits per heavy atom. The van der Waals surface area contributed by atoms with Crippen LogP contribution < -0.4 is 0 Å². The molecule has 0 aliphatic heterocycles. The van der Waals surface area contributed by atoms with Crippen LogP contribution >= 0.6 is 0 Å². The largest absolute Gasteiger partial charge is 0.456 e. The maximum atomic E-state index is 6.30. The average Bonchev–Trinajstić information content (AvgIpc) is 1.05. The fourth-order valence-corrected chi connectivity index (χ4v) is 17.0. The van der Waals surface area contributed by atoms with Crippen molar-refractivity contribution < 1.29 is 8.83 Å². The number of rotatable bonds is 8. The molecule has 0 fully saturated rings. The molecule has 0 unspecified atom stereocenters. The smallest absolute Gasteiger partial charge is 0.136 e. The van der Waals surface area contributed by atoms with E-state index in [4.69, 9.17) is 8.83 Å². The first-order chi connectivity index (χ1) is 52.5. The van der Waals surface area contributed by atoms with Crippen LogP contribution in [0.1, 0.15) is 0 Å². The van der Waals surface area contributed by atoms with E-state index in [-0.39, 0.29) is 0 Å². The third kappa shape index (κ3) is 10.3. The van der Waals surface area contributed by atoms with E-state index in [0.29, 0.717) is 0 Å². The second kappa shape index (κ2) is 25.0. The maximum Gasteiger partial charge on any atom is 0.136 e. The highest BCUT2D eigenvalue weighted by atomic mass is 16.3. The molecule has 2 heteroatoms. The summed E-state index contributed by atoms with van der Waals surface area (Å²) < 4.78 is 12.6. The molecular weight excluding hydrogens is 1280 g/mol. The molecule has 106 heavy (non-hydrogen) atoms. The van der Waals surface area contributed by atoms with E-state index in [1.165, 1.54) is 175 Å². The van der Waals surface area contributed by atoms with Gasteiger partial charge >= 0.3 is 0 Å². The summed E-state index contributed by atoms with van der Waals surface area (Å²) in [5, 5.41) is 24.5. The van der Waals surface area contributed by atoms with E-state index in [2.05, 4.69) is 388 Å². The van der Waals surface area contributed by atoms with E-state index in [1.54, 1.807) is 0 Å². The van der Waals surface area contributed by atoms with Crippen molar-refractivity contribution in [1.82, 2.24) is 0 Å². The van der Waals surface area contributed by atoms with Gasteiger partial charge in [-0.1, -0.05) is 322 Å². The molecule has 0 amide bonds. The van der Waals surface area contributed by atoms with Gasteiger partial charge in [0.25, 0.3) is 0 Å². The molecule has 0 saturated heterocycles. The predicted octanol–water partition coefficient (Wildman–Crippen LogP) is 29.7. The molecule has 20 aromatic carbocycles. The number of benzene rings is 20. The van der Waals surface area contributed by atoms with Gasteiger partial charge in [-0.25, -0.2) is 0 Å². The summed E-state index contributed by atoms with van der Waals surface area (Å²) in [4.78, 5) is 0. The van der Waals surface area contributed by atoms with Gasteiger partial charge in [0.1, 0.15) is 22.3 Å². The van der Waals surface area contributed by atoms with Gasteiger partial charge in [0.2, 0.25) is 0 Å². The first-order valence-electron chi connectivity index (χ1n) is 36.5. The SMILES string of the molecule is c1cc(-c2ccc3ccccc3c2)cc(-c2c3ccccc3c(-c3ccc(-c4ccc5oc6cc7ccccc7cc6c5c4)cc3)c3ccccc23)c1.c1cc(-c2cccc3ccccc23)cc(-c2c3ccccc3c(-c3ccc(-c4ccc5oc6cc7ccccc7cc6c5c4)cc3)c3ccccc23)c1. The van der Waals surface area contributed by atoms with Gasteiger partial charge in [-0.2, -0.15) is 0 Å². The Morgan fingerprint density at radius 1 is 0.123 bits per heavy atom. The first kappa shape index (κ1) is 60.8. The molecule has 492 valence electrons. The maximum absolute atomic E-state index is 6.30. The molecule has 2 aromatic heterocycles. The first-order valence-corrected chi connectivity index (χ1v) is 36.5. The summed E-state index contributed by atoms with van der Waals surface area (Å²) >= 11 is 0. The van der Waals surface area contributed by atoms with Crippen molar-refractivity contribution in [1.29, 1.82) is 0 Å². The molecule has 2 heterocycles. The standard InChI is InChI=1S/2C52H32O/c1-2-13-37-32-50-48(30-36(37)12-1)47-31-38(27-28-49(47)53-50)33-23-25-35(26-24-33)51-43-18-5-7-20-45(43)52(46-21-8-6-19-44(46)51)40-16-9-15-39(29-40)42-22-10-14-34-11-3-4-17-41(34)42;1-2-11-36-28-40(25-22-33(36)10-1)37-14-9-15-42(29-37)52-45-18-7-5-16-43(45)51(44-17-6-8-19-46(44)52)35-23-20-34(21-24-35)41-26-27-49-47(31-41)48-30-38-12-3-4-13-39(38)32-50(48)53-49/h2*1-32H. The lowest BCUT2D eigenvalue weighted by atomic mass is 9.85. The van der Waals surface area contributed by atoms with Crippen molar-refractivity contribution in [3.8, 4) is 89.0 Å². The number of fused-ring (bicyclic) bond motifs is 14. The van der Waals surface area contributed by atoms with E-state index in [9.17, 15) is 0 Å². The predicted molar refractivity (Wildman–Crippen MR) is 451 cm³/mol. The fraction of sp³-hybridized carbons (Fsp3) is 0. The van der Waals surface area contributed by atoms with Crippen molar-refractivity contribution in [3.63, 3.8) is 0 Å². The molecule has 0 radical (unpaired) electrons. The lowest BCUT2D eigenvalue weighted by molar-refractivity contribution is 0.669. The second-order valence-corrected chi connectivity index (χ2v) is 28.1. The zero-order valence-corrected chi connectivity index (χ0v) is 57.8. The molecule has 0 N–H and O–H groups in total. The van der Waals surface area contributed by atoms with Crippen LogP contribution in [0.5, 0.6) is 0 Å². The Morgan fingerprint density at radius 2 is 0.406 bits per heavy atom. The van der Waals surface area contributed by atoms with E-state index >= 15 is 0 Å². The highest BCUT2D eigenvalue weighted by Gasteiger charge is 2.21. The molecule has 22 rings (SSSR count). The van der Waals surface area contributed by atoms with Gasteiger partial charge in [0.05, 0.1) is 0 Å². The summed E-state index contributed by atoms with van der Waals surface area (Å²) in [5.41, 5.74) is 23.2. The number of hydrogen-bond donors (Lipinski definition) is 0. The quantitative estimate of drug-likeness (QED) is 0.142. The second-order valence-electron chi connectivity index (χ2n) is 28.1. The van der Waals surface area contributed by atoms with Gasteiger partial charge in [-0.15, -0.1) is 0 Å². The van der Waals surface area contributed by atoms with Crippen LogP contribution in [0.3, 0.4) is 0 Å². The molecule has 0 aliphatic rings. The van der Waals surface area contributed by atoms with Crippen molar-refractivity contribution in [2.75, 3.05) is 0 Å². The molecule has 0 atom stereocenters. The minimum Gasteiger partial charge on any atom is -0.456 e. The summed E-state index contributed by atoms with van der Waals surface area (Å²) in [6.45, 7) is 0. The average molecular weight is 1350 g/mol. The normalized spacial score (nSPS) is 11.8. The van der Waals surface area contributed by atoms with Crippen LogP contribution in [0.15, 0.2) is 397 Å². The molecule has 0 saturated carbocycles. The molecule has 2 nitrogen and oxygen atoms in total. The topological polar surface area (TPSA) is 26.3 Å². The van der Waals surface area contributed by atoms with E-state index in [1.807, 2.05) is 0 Å². The van der Waals surface area contributed by atoms with Crippen LogP contribution in [0.2, 0.25) is 0 Å². The minimum atomic E-state index is 0.913. The summed E-state index contributed by atoms with van der Waals surface area (Å²) in [6, 6.07) is 141. The van der Waals surface area contributed by atoms with Gasteiger partial charge in [0.15, 0.2) is 0 Å². The van der Waals surface area contributed by atoms with Crippen LogP contribution in [-0.2, 0) is 0 Å². The van der Waals surface area contributed by atoms with Crippen LogP contribution in [0, 0.1) is 0 Å². The molecule has 22 aromatic rings. The van der Waals surface area contributed by atoms with Gasteiger partial charge < -0.3 is 8.83 Å². The Bertz CT molecular complexity index is 7190. The fourth-order valence-electron chi connectivity index (χ4n) is 17.0. The van der Waals surface area contributed by atoms with Gasteiger partial charge in [-0.3, -0.25) is 0 Å². The third-order valence-electron chi connectivity index (χ3n) is 22.0. The Kier molecular flexibility index (Phi) is 14.3. The van der Waals surface area contributed by atoms with Crippen LogP contribution in [-0.4, -0.2) is 0 Å². The monoisotopic (exact) mass is 1340 g/mol. The number of hydrogen-bond acceptors (Lipinski definition) is 2. The summed E-state index contributed by atoms with van der Waals surface area (Å²) in [7, 11) is 0. The Labute approximate surface area is 612 Å². The summed E-state index contributed by atoms with van der Waals surface area (Å²) in [6.07, 6.45) is 0. The van der Waals surface area contributed by atoms with Gasteiger partial charge in [-0.05, 0) is 242 Å². The zero-order valence-electron chi connectivity index (χ0n) is 57.8. The molecular formula is C104H64O2.